The van der Waals surface area contributed by atoms with E-state index in [-0.39, 0.29) is 5.78 Å². The minimum atomic E-state index is 0.111. The van der Waals surface area contributed by atoms with E-state index in [0.717, 1.165) is 11.1 Å². The number of rotatable bonds is 5. The highest BCUT2D eigenvalue weighted by molar-refractivity contribution is 5.94. The van der Waals surface area contributed by atoms with Crippen LogP contribution in [0.25, 0.3) is 11.1 Å². The molecular weight excluding hydrogens is 256 g/mol. The Labute approximate surface area is 128 Å². The molecule has 0 N–H and O–H groups in total. The first-order chi connectivity index (χ1) is 10.0. The van der Waals surface area contributed by atoms with Gasteiger partial charge in [-0.05, 0) is 41.9 Å². The number of benzene rings is 2. The molecule has 0 heterocycles. The molecule has 0 saturated heterocycles. The van der Waals surface area contributed by atoms with Crippen molar-refractivity contribution >= 4 is 5.78 Å². The molecule has 1 atom stereocenters. The Kier molecular flexibility index (Phi) is 4.95. The van der Waals surface area contributed by atoms with E-state index in [1.807, 2.05) is 24.3 Å². The van der Waals surface area contributed by atoms with Gasteiger partial charge >= 0.3 is 0 Å². The predicted molar refractivity (Wildman–Crippen MR) is 89.8 cm³/mol. The highest BCUT2D eigenvalue weighted by Gasteiger charge is 2.13. The van der Waals surface area contributed by atoms with Gasteiger partial charge in [0.25, 0.3) is 0 Å². The summed E-state index contributed by atoms with van der Waals surface area (Å²) in [5.41, 5.74) is 4.54. The minimum Gasteiger partial charge on any atom is -0.295 e. The van der Waals surface area contributed by atoms with Crippen molar-refractivity contribution in [1.82, 2.24) is 0 Å². The first-order valence-corrected chi connectivity index (χ1v) is 7.74. The Morgan fingerprint density at radius 2 is 1.38 bits per heavy atom. The highest BCUT2D eigenvalue weighted by Crippen LogP contribution is 2.29. The molecule has 0 amide bonds. The number of carbonyl (C=O) groups excluding carboxylic acids is 1. The summed E-state index contributed by atoms with van der Waals surface area (Å²) >= 11 is 0. The lowest BCUT2D eigenvalue weighted by Crippen LogP contribution is -2.05. The molecule has 2 aromatic carbocycles. The van der Waals surface area contributed by atoms with E-state index >= 15 is 0 Å². The van der Waals surface area contributed by atoms with Gasteiger partial charge < -0.3 is 0 Å². The van der Waals surface area contributed by atoms with Crippen LogP contribution in [-0.4, -0.2) is 5.78 Å². The fraction of sp³-hybridized carbons (Fsp3) is 0.350. The number of hydrogen-bond acceptors (Lipinski definition) is 1. The number of ketones is 1. The van der Waals surface area contributed by atoms with Crippen molar-refractivity contribution < 1.29 is 4.79 Å². The van der Waals surface area contributed by atoms with E-state index in [1.165, 1.54) is 17.5 Å². The van der Waals surface area contributed by atoms with Crippen LogP contribution in [0, 0.1) is 5.92 Å². The van der Waals surface area contributed by atoms with Crippen molar-refractivity contribution in [2.45, 2.75) is 40.0 Å². The maximum absolute atomic E-state index is 11.3. The molecule has 1 nitrogen and oxygen atoms in total. The molecule has 1 heteroatoms. The van der Waals surface area contributed by atoms with E-state index in [4.69, 9.17) is 0 Å². The SMILES string of the molecule is CCC(c1ccc(-c2ccc(C(C)=O)cc2)cc1)C(C)C. The van der Waals surface area contributed by atoms with Crippen molar-refractivity contribution in [3.05, 3.63) is 59.7 Å². The van der Waals surface area contributed by atoms with Gasteiger partial charge in [0.1, 0.15) is 0 Å². The van der Waals surface area contributed by atoms with Crippen LogP contribution in [0.2, 0.25) is 0 Å². The van der Waals surface area contributed by atoms with Crippen LogP contribution in [-0.2, 0) is 0 Å². The smallest absolute Gasteiger partial charge is 0.159 e. The Morgan fingerprint density at radius 1 is 0.905 bits per heavy atom. The van der Waals surface area contributed by atoms with Crippen LogP contribution in [0.15, 0.2) is 48.5 Å². The molecule has 2 rings (SSSR count). The predicted octanol–water partition coefficient (Wildman–Crippen LogP) is 5.71. The van der Waals surface area contributed by atoms with Crippen molar-refractivity contribution in [2.75, 3.05) is 0 Å². The highest BCUT2D eigenvalue weighted by atomic mass is 16.1. The van der Waals surface area contributed by atoms with E-state index in [1.54, 1.807) is 6.92 Å². The summed E-state index contributed by atoms with van der Waals surface area (Å²) in [6, 6.07) is 16.7. The lowest BCUT2D eigenvalue weighted by molar-refractivity contribution is 0.101. The molecule has 0 bridgehead atoms. The molecule has 21 heavy (non-hydrogen) atoms. The maximum atomic E-state index is 11.3. The van der Waals surface area contributed by atoms with Crippen LogP contribution < -0.4 is 0 Å². The molecule has 0 fully saturated rings. The van der Waals surface area contributed by atoms with Gasteiger partial charge in [0, 0.05) is 5.56 Å². The molecule has 0 aliphatic carbocycles. The van der Waals surface area contributed by atoms with Gasteiger partial charge in [-0.3, -0.25) is 4.79 Å². The van der Waals surface area contributed by atoms with Gasteiger partial charge in [-0.1, -0.05) is 69.3 Å². The molecule has 0 spiro atoms. The summed E-state index contributed by atoms with van der Waals surface area (Å²) in [7, 11) is 0. The van der Waals surface area contributed by atoms with Crippen molar-refractivity contribution in [3.8, 4) is 11.1 Å². The third kappa shape index (κ3) is 3.60. The van der Waals surface area contributed by atoms with E-state index in [0.29, 0.717) is 11.8 Å². The van der Waals surface area contributed by atoms with Gasteiger partial charge in [-0.2, -0.15) is 0 Å². The van der Waals surface area contributed by atoms with Crippen LogP contribution in [0.5, 0.6) is 0 Å². The first-order valence-electron chi connectivity index (χ1n) is 7.74. The van der Waals surface area contributed by atoms with Crippen molar-refractivity contribution in [3.63, 3.8) is 0 Å². The fourth-order valence-corrected chi connectivity index (χ4v) is 2.91. The maximum Gasteiger partial charge on any atom is 0.159 e. The summed E-state index contributed by atoms with van der Waals surface area (Å²) in [5, 5.41) is 0. The third-order valence-electron chi connectivity index (χ3n) is 4.21. The molecule has 110 valence electrons. The average molecular weight is 280 g/mol. The van der Waals surface area contributed by atoms with Gasteiger partial charge in [0.05, 0.1) is 0 Å². The monoisotopic (exact) mass is 280 g/mol. The molecule has 0 radical (unpaired) electrons. The Bertz CT molecular complexity index is 591. The second-order valence-electron chi connectivity index (χ2n) is 6.01. The molecule has 0 saturated carbocycles. The zero-order valence-electron chi connectivity index (χ0n) is 13.4. The minimum absolute atomic E-state index is 0.111. The topological polar surface area (TPSA) is 17.1 Å². The standard InChI is InChI=1S/C20H24O/c1-5-20(14(2)3)19-12-10-18(11-13-19)17-8-6-16(7-9-17)15(4)21/h6-14,20H,5H2,1-4H3. The van der Waals surface area contributed by atoms with Crippen LogP contribution >= 0.6 is 0 Å². The zero-order chi connectivity index (χ0) is 15.4. The quantitative estimate of drug-likeness (QED) is 0.641. The van der Waals surface area contributed by atoms with Crippen molar-refractivity contribution in [2.24, 2.45) is 5.92 Å². The lowest BCUT2D eigenvalue weighted by Gasteiger charge is -2.19. The lowest BCUT2D eigenvalue weighted by atomic mass is 9.86. The third-order valence-corrected chi connectivity index (χ3v) is 4.21. The zero-order valence-corrected chi connectivity index (χ0v) is 13.4. The second-order valence-corrected chi connectivity index (χ2v) is 6.01. The Morgan fingerprint density at radius 3 is 1.76 bits per heavy atom. The Balaban J connectivity index is 2.24. The summed E-state index contributed by atoms with van der Waals surface area (Å²) in [5.74, 6) is 1.40. The normalized spacial score (nSPS) is 12.4. The van der Waals surface area contributed by atoms with E-state index < -0.39 is 0 Å². The second kappa shape index (κ2) is 6.71. The summed E-state index contributed by atoms with van der Waals surface area (Å²) < 4.78 is 0. The van der Waals surface area contributed by atoms with Gasteiger partial charge in [0.2, 0.25) is 0 Å². The summed E-state index contributed by atoms with van der Waals surface area (Å²) in [4.78, 5) is 11.3. The van der Waals surface area contributed by atoms with Crippen molar-refractivity contribution in [1.29, 1.82) is 0 Å². The Hall–Kier alpha value is -1.89. The van der Waals surface area contributed by atoms with Crippen LogP contribution in [0.1, 0.15) is 56.0 Å². The largest absolute Gasteiger partial charge is 0.295 e. The first kappa shape index (κ1) is 15.5. The number of Topliss-reactive ketones (excluding diaryl/α,β-unsaturated/α-hetero) is 1. The fourth-order valence-electron chi connectivity index (χ4n) is 2.91. The molecule has 1 unspecified atom stereocenters. The molecule has 0 aliphatic rings. The average Bonchev–Trinajstić information content (AvgIpc) is 2.48. The van der Waals surface area contributed by atoms with Crippen LogP contribution in [0.4, 0.5) is 0 Å². The van der Waals surface area contributed by atoms with Gasteiger partial charge in [-0.15, -0.1) is 0 Å². The molecule has 0 aromatic heterocycles. The summed E-state index contributed by atoms with van der Waals surface area (Å²) in [6.45, 7) is 8.41. The number of carbonyl (C=O) groups is 1. The van der Waals surface area contributed by atoms with Gasteiger partial charge in [-0.25, -0.2) is 0 Å². The molecule has 0 aliphatic heterocycles. The van der Waals surface area contributed by atoms with Gasteiger partial charge in [0.15, 0.2) is 5.78 Å². The van der Waals surface area contributed by atoms with E-state index in [2.05, 4.69) is 45.0 Å². The molecular formula is C20H24O. The van der Waals surface area contributed by atoms with Crippen LogP contribution in [0.3, 0.4) is 0 Å². The molecule has 2 aromatic rings. The van der Waals surface area contributed by atoms with E-state index in [9.17, 15) is 4.79 Å². The number of hydrogen-bond donors (Lipinski definition) is 0. The summed E-state index contributed by atoms with van der Waals surface area (Å²) in [6.07, 6.45) is 1.17.